The van der Waals surface area contributed by atoms with Crippen LogP contribution in [0.1, 0.15) is 0 Å². The Balaban J connectivity index is 1.50. The van der Waals surface area contributed by atoms with Crippen LogP contribution in [-0.2, 0) is 0 Å². The molecule has 3 aromatic rings. The Labute approximate surface area is 175 Å². The fraction of sp³-hybridized carbons (Fsp3) is 0.217. The van der Waals surface area contributed by atoms with Gasteiger partial charge in [0.2, 0.25) is 0 Å². The number of benzene rings is 3. The van der Waals surface area contributed by atoms with E-state index in [1.807, 2.05) is 42.5 Å². The van der Waals surface area contributed by atoms with E-state index in [2.05, 4.69) is 34.5 Å². The van der Waals surface area contributed by atoms with Crippen molar-refractivity contribution in [2.75, 3.05) is 37.5 Å². The summed E-state index contributed by atoms with van der Waals surface area (Å²) in [6.45, 7) is 0.886. The summed E-state index contributed by atoms with van der Waals surface area (Å²) in [5.41, 5.74) is 3.07. The van der Waals surface area contributed by atoms with Crippen molar-refractivity contribution in [2.45, 2.75) is 15.9 Å². The van der Waals surface area contributed by atoms with Gasteiger partial charge in [0.1, 0.15) is 11.5 Å². The van der Waals surface area contributed by atoms with Crippen molar-refractivity contribution in [1.82, 2.24) is 0 Å². The minimum atomic E-state index is -0.578. The molecule has 0 spiro atoms. The quantitative estimate of drug-likeness (QED) is 0.587. The Bertz CT molecular complexity index is 950. The molecule has 1 aliphatic heterocycles. The minimum Gasteiger partial charge on any atom is -0.497 e. The highest BCUT2D eigenvalue weighted by atomic mass is 32.2. The monoisotopic (exact) mass is 408 g/mol. The molecular weight excluding hydrogens is 384 g/mol. The number of ether oxygens (including phenoxy) is 2. The predicted molar refractivity (Wildman–Crippen MR) is 118 cm³/mol. The van der Waals surface area contributed by atoms with E-state index in [9.17, 15) is 5.11 Å². The topological polar surface area (TPSA) is 54.0 Å². The molecule has 0 saturated heterocycles. The van der Waals surface area contributed by atoms with E-state index >= 15 is 0 Å². The lowest BCUT2D eigenvalue weighted by Gasteiger charge is -2.34. The number of nitrogens with zero attached hydrogens (tertiary/aromatic N) is 1. The number of aliphatic hydroxyl groups excluding tert-OH is 1. The second-order valence-corrected chi connectivity index (χ2v) is 7.83. The molecule has 0 amide bonds. The van der Waals surface area contributed by atoms with E-state index in [1.54, 1.807) is 26.0 Å². The Hall–Kier alpha value is -2.83. The van der Waals surface area contributed by atoms with E-state index in [-0.39, 0.29) is 0 Å². The fourth-order valence-corrected chi connectivity index (χ4v) is 4.52. The van der Waals surface area contributed by atoms with Crippen LogP contribution in [0.25, 0.3) is 0 Å². The van der Waals surface area contributed by atoms with E-state index in [1.165, 1.54) is 9.79 Å². The zero-order chi connectivity index (χ0) is 20.2. The van der Waals surface area contributed by atoms with Crippen LogP contribution >= 0.6 is 11.8 Å². The number of hydrogen-bond acceptors (Lipinski definition) is 6. The lowest BCUT2D eigenvalue weighted by atomic mass is 10.2. The van der Waals surface area contributed by atoms with E-state index in [0.717, 1.165) is 22.8 Å². The van der Waals surface area contributed by atoms with Crippen LogP contribution in [0.2, 0.25) is 0 Å². The molecule has 6 heteroatoms. The average molecular weight is 409 g/mol. The molecule has 0 radical (unpaired) electrons. The van der Waals surface area contributed by atoms with Crippen LogP contribution in [0.4, 0.5) is 17.1 Å². The minimum absolute atomic E-state index is 0.399. The molecule has 150 valence electrons. The van der Waals surface area contributed by atoms with Crippen molar-refractivity contribution in [2.24, 2.45) is 0 Å². The first kappa shape index (κ1) is 19.5. The van der Waals surface area contributed by atoms with Crippen molar-refractivity contribution in [3.05, 3.63) is 66.7 Å². The third-order valence-corrected chi connectivity index (χ3v) is 5.99. The van der Waals surface area contributed by atoms with Gasteiger partial charge in [-0.1, -0.05) is 36.0 Å². The molecule has 5 nitrogen and oxygen atoms in total. The summed E-state index contributed by atoms with van der Waals surface area (Å²) in [4.78, 5) is 4.59. The summed E-state index contributed by atoms with van der Waals surface area (Å²) in [6, 6.07) is 22.2. The Morgan fingerprint density at radius 3 is 2.21 bits per heavy atom. The van der Waals surface area contributed by atoms with Crippen molar-refractivity contribution in [1.29, 1.82) is 0 Å². The van der Waals surface area contributed by atoms with Gasteiger partial charge in [-0.05, 0) is 36.4 Å². The standard InChI is InChI=1S/C23H24N2O3S/c1-27-17-11-12-18(21(13-17)28-2)24-14-16(26)15-25-19-7-3-5-9-22(19)29-23-10-6-4-8-20(23)25/h3-13,16,24,26H,14-15H2,1-2H3. The first-order valence-corrected chi connectivity index (χ1v) is 10.3. The molecule has 1 aliphatic rings. The van der Waals surface area contributed by atoms with Crippen molar-refractivity contribution in [3.63, 3.8) is 0 Å². The SMILES string of the molecule is COc1ccc(NCC(O)CN2c3ccccc3Sc3ccccc32)c(OC)c1. The Morgan fingerprint density at radius 2 is 1.59 bits per heavy atom. The summed E-state index contributed by atoms with van der Waals surface area (Å²) in [5.74, 6) is 1.41. The molecule has 0 bridgehead atoms. The summed E-state index contributed by atoms with van der Waals surface area (Å²) in [5, 5.41) is 14.1. The van der Waals surface area contributed by atoms with Crippen LogP contribution in [-0.4, -0.2) is 38.5 Å². The second kappa shape index (κ2) is 8.68. The summed E-state index contributed by atoms with van der Waals surface area (Å²) < 4.78 is 10.7. The van der Waals surface area contributed by atoms with Crippen LogP contribution in [0.15, 0.2) is 76.5 Å². The van der Waals surface area contributed by atoms with Gasteiger partial charge in [0.05, 0.1) is 43.9 Å². The molecule has 0 saturated carbocycles. The number of hydrogen-bond donors (Lipinski definition) is 2. The maximum Gasteiger partial charge on any atom is 0.145 e. The third kappa shape index (κ3) is 4.13. The number of fused-ring (bicyclic) bond motifs is 2. The van der Waals surface area contributed by atoms with E-state index < -0.39 is 6.10 Å². The van der Waals surface area contributed by atoms with Crippen LogP contribution < -0.4 is 19.7 Å². The summed E-state index contributed by atoms with van der Waals surface area (Å²) >= 11 is 1.76. The van der Waals surface area contributed by atoms with E-state index in [0.29, 0.717) is 18.8 Å². The fourth-order valence-electron chi connectivity index (χ4n) is 3.43. The van der Waals surface area contributed by atoms with Gasteiger partial charge in [0.25, 0.3) is 0 Å². The number of nitrogens with one attached hydrogen (secondary N) is 1. The zero-order valence-corrected chi connectivity index (χ0v) is 17.3. The smallest absolute Gasteiger partial charge is 0.145 e. The first-order valence-electron chi connectivity index (χ1n) is 9.47. The summed E-state index contributed by atoms with van der Waals surface area (Å²) in [6.07, 6.45) is -0.578. The normalized spacial score (nSPS) is 13.3. The van der Waals surface area contributed by atoms with Crippen molar-refractivity contribution in [3.8, 4) is 11.5 Å². The molecule has 1 heterocycles. The number of para-hydroxylation sites is 2. The van der Waals surface area contributed by atoms with Gasteiger partial charge in [0.15, 0.2) is 0 Å². The molecule has 1 atom stereocenters. The van der Waals surface area contributed by atoms with Crippen LogP contribution in [0.5, 0.6) is 11.5 Å². The number of anilines is 3. The highest BCUT2D eigenvalue weighted by Crippen LogP contribution is 2.47. The maximum atomic E-state index is 10.8. The first-order chi connectivity index (χ1) is 14.2. The Kier molecular flexibility index (Phi) is 5.83. The van der Waals surface area contributed by atoms with Gasteiger partial charge in [0, 0.05) is 22.4 Å². The Morgan fingerprint density at radius 1 is 0.931 bits per heavy atom. The van der Waals surface area contributed by atoms with Crippen molar-refractivity contribution < 1.29 is 14.6 Å². The lowest BCUT2D eigenvalue weighted by Crippen LogP contribution is -2.34. The molecule has 2 N–H and O–H groups in total. The van der Waals surface area contributed by atoms with Gasteiger partial charge >= 0.3 is 0 Å². The van der Waals surface area contributed by atoms with Crippen LogP contribution in [0.3, 0.4) is 0 Å². The molecule has 4 rings (SSSR count). The van der Waals surface area contributed by atoms with Gasteiger partial charge in [-0.25, -0.2) is 0 Å². The maximum absolute atomic E-state index is 10.8. The number of rotatable bonds is 7. The molecule has 0 aliphatic carbocycles. The average Bonchev–Trinajstić information content (AvgIpc) is 2.77. The van der Waals surface area contributed by atoms with E-state index in [4.69, 9.17) is 9.47 Å². The molecule has 0 aromatic heterocycles. The molecule has 0 fully saturated rings. The molecule has 3 aromatic carbocycles. The number of β-amino-alcohol motifs (C(OH)–C–C–N with tert-alkyl or cyclic N) is 1. The van der Waals surface area contributed by atoms with Gasteiger partial charge < -0.3 is 24.8 Å². The third-order valence-electron chi connectivity index (χ3n) is 4.86. The number of aliphatic hydroxyl groups is 1. The highest BCUT2D eigenvalue weighted by Gasteiger charge is 2.24. The zero-order valence-electron chi connectivity index (χ0n) is 16.5. The highest BCUT2D eigenvalue weighted by molar-refractivity contribution is 7.99. The summed E-state index contributed by atoms with van der Waals surface area (Å²) in [7, 11) is 3.24. The molecule has 29 heavy (non-hydrogen) atoms. The molecule has 1 unspecified atom stereocenters. The lowest BCUT2D eigenvalue weighted by molar-refractivity contribution is 0.195. The van der Waals surface area contributed by atoms with Gasteiger partial charge in [-0.15, -0.1) is 0 Å². The van der Waals surface area contributed by atoms with Gasteiger partial charge in [-0.3, -0.25) is 0 Å². The predicted octanol–water partition coefficient (Wildman–Crippen LogP) is 4.78. The van der Waals surface area contributed by atoms with Crippen molar-refractivity contribution >= 4 is 28.8 Å². The number of methoxy groups -OCH3 is 2. The van der Waals surface area contributed by atoms with Gasteiger partial charge in [-0.2, -0.15) is 0 Å². The largest absolute Gasteiger partial charge is 0.497 e. The second-order valence-electron chi connectivity index (χ2n) is 6.75. The molecular formula is C23H24N2O3S. The van der Waals surface area contributed by atoms with Crippen LogP contribution in [0, 0.1) is 0 Å².